The fourth-order valence-electron chi connectivity index (χ4n) is 3.27. The van der Waals surface area contributed by atoms with Crippen LogP contribution in [0.5, 0.6) is 11.5 Å². The van der Waals surface area contributed by atoms with Gasteiger partial charge >= 0.3 is 0 Å². The third-order valence-electron chi connectivity index (χ3n) is 4.85. The summed E-state index contributed by atoms with van der Waals surface area (Å²) in [7, 11) is 0. The number of ether oxygens (including phenoxy) is 2. The number of benzene rings is 2. The molecule has 0 saturated carbocycles. The van der Waals surface area contributed by atoms with Crippen LogP contribution >= 0.6 is 12.2 Å². The molecule has 4 rings (SSSR count). The van der Waals surface area contributed by atoms with Gasteiger partial charge in [-0.1, -0.05) is 6.07 Å². The number of carbonyl (C=O) groups excluding carboxylic acids is 1. The summed E-state index contributed by atoms with van der Waals surface area (Å²) in [5, 5.41) is 9.59. The first-order valence-corrected chi connectivity index (χ1v) is 11.0. The van der Waals surface area contributed by atoms with Crippen molar-refractivity contribution in [2.24, 2.45) is 4.99 Å². The Morgan fingerprint density at radius 2 is 1.71 bits per heavy atom. The largest absolute Gasteiger partial charge is 0.454 e. The Morgan fingerprint density at radius 3 is 2.41 bits per heavy atom. The second kappa shape index (κ2) is 10.3. The van der Waals surface area contributed by atoms with Gasteiger partial charge in [-0.3, -0.25) is 10.1 Å². The van der Waals surface area contributed by atoms with E-state index >= 15 is 0 Å². The first-order chi connectivity index (χ1) is 16.4. The maximum absolute atomic E-state index is 11.5. The van der Waals surface area contributed by atoms with Gasteiger partial charge in [0.1, 0.15) is 0 Å². The van der Waals surface area contributed by atoms with Gasteiger partial charge in [0.05, 0.1) is 6.54 Å². The highest BCUT2D eigenvalue weighted by Gasteiger charge is 2.13. The quantitative estimate of drug-likeness (QED) is 0.218. The Balaban J connectivity index is 1.50. The topological polar surface area (TPSA) is 110 Å². The van der Waals surface area contributed by atoms with E-state index in [-0.39, 0.29) is 12.6 Å². The number of thiocarbonyl (C=S) groups is 1. The second-order valence-electron chi connectivity index (χ2n) is 7.66. The number of aliphatic imine (C=N–C) groups is 1. The lowest BCUT2D eigenvalue weighted by molar-refractivity contribution is 0.101. The normalized spacial score (nSPS) is 12.3. The first-order valence-electron chi connectivity index (χ1n) is 10.6. The summed E-state index contributed by atoms with van der Waals surface area (Å²) in [5.74, 6) is 2.19. The Morgan fingerprint density at radius 1 is 1.00 bits per heavy atom. The van der Waals surface area contributed by atoms with Crippen LogP contribution in [0.15, 0.2) is 53.5 Å². The van der Waals surface area contributed by atoms with Crippen molar-refractivity contribution >= 4 is 40.7 Å². The molecule has 1 aliphatic heterocycles. The van der Waals surface area contributed by atoms with E-state index < -0.39 is 0 Å². The van der Waals surface area contributed by atoms with Crippen molar-refractivity contribution in [1.82, 2.24) is 15.3 Å². The molecule has 2 heterocycles. The highest BCUT2D eigenvalue weighted by atomic mass is 32.1. The number of hydrogen-bond donors (Lipinski definition) is 3. The molecular formula is C24H24N6O3S. The minimum Gasteiger partial charge on any atom is -0.454 e. The van der Waals surface area contributed by atoms with Crippen LogP contribution < -0.4 is 25.4 Å². The molecule has 1 aliphatic rings. The van der Waals surface area contributed by atoms with Gasteiger partial charge in [0.2, 0.25) is 18.7 Å². The lowest BCUT2D eigenvalue weighted by Gasteiger charge is -2.14. The molecule has 0 saturated heterocycles. The standard InChI is InChI=1S/C24H24N6O3S/c1-14-10-15(2)27-23(26-14)29-22(25-12-17-4-9-20-21(11-17)33-13-32-20)30-24(34)28-19-7-5-18(6-8-19)16(3)31/h4-11H,12-13H2,1-3H3,(H3,25,26,27,28,29,30,34). The molecule has 0 fully saturated rings. The highest BCUT2D eigenvalue weighted by molar-refractivity contribution is 7.80. The molecule has 10 heteroatoms. The summed E-state index contributed by atoms with van der Waals surface area (Å²) in [4.78, 5) is 25.0. The molecule has 0 spiro atoms. The molecule has 3 aromatic rings. The van der Waals surface area contributed by atoms with Crippen molar-refractivity contribution < 1.29 is 14.3 Å². The van der Waals surface area contributed by atoms with E-state index in [2.05, 4.69) is 30.9 Å². The van der Waals surface area contributed by atoms with Crippen molar-refractivity contribution in [2.45, 2.75) is 27.3 Å². The number of aromatic nitrogens is 2. The average Bonchev–Trinajstić information content (AvgIpc) is 3.25. The average molecular weight is 477 g/mol. The molecule has 0 bridgehead atoms. The molecule has 0 radical (unpaired) electrons. The molecule has 3 N–H and O–H groups in total. The van der Waals surface area contributed by atoms with Crippen LogP contribution in [0.4, 0.5) is 11.6 Å². The van der Waals surface area contributed by atoms with Crippen molar-refractivity contribution in [3.05, 3.63) is 71.0 Å². The van der Waals surface area contributed by atoms with Crippen molar-refractivity contribution in [1.29, 1.82) is 0 Å². The minimum absolute atomic E-state index is 0.00263. The Hall–Kier alpha value is -4.05. The molecule has 0 atom stereocenters. The van der Waals surface area contributed by atoms with E-state index in [4.69, 9.17) is 21.7 Å². The van der Waals surface area contributed by atoms with Crippen LogP contribution in [0.2, 0.25) is 0 Å². The van der Waals surface area contributed by atoms with E-state index in [1.807, 2.05) is 38.1 Å². The first kappa shape index (κ1) is 23.1. The number of ketones is 1. The number of carbonyl (C=O) groups is 1. The number of hydrogen-bond acceptors (Lipinski definition) is 7. The van der Waals surface area contributed by atoms with Crippen LogP contribution in [0.3, 0.4) is 0 Å². The Kier molecular flexibility index (Phi) is 6.98. The highest BCUT2D eigenvalue weighted by Crippen LogP contribution is 2.32. The molecule has 0 amide bonds. The zero-order valence-electron chi connectivity index (χ0n) is 19.0. The zero-order valence-corrected chi connectivity index (χ0v) is 19.8. The summed E-state index contributed by atoms with van der Waals surface area (Å²) in [5.41, 5.74) is 3.96. The van der Waals surface area contributed by atoms with Gasteiger partial charge in [-0.2, -0.15) is 0 Å². The molecule has 174 valence electrons. The van der Waals surface area contributed by atoms with E-state index in [0.29, 0.717) is 40.6 Å². The van der Waals surface area contributed by atoms with Gasteiger partial charge in [-0.15, -0.1) is 0 Å². The Bertz CT molecular complexity index is 1240. The van der Waals surface area contributed by atoms with Gasteiger partial charge in [0.25, 0.3) is 0 Å². The predicted molar refractivity (Wildman–Crippen MR) is 135 cm³/mol. The number of nitrogens with one attached hydrogen (secondary N) is 3. The molecular weight excluding hydrogens is 452 g/mol. The molecule has 34 heavy (non-hydrogen) atoms. The molecule has 1 aromatic heterocycles. The summed E-state index contributed by atoms with van der Waals surface area (Å²) in [6, 6.07) is 14.6. The number of aryl methyl sites for hydroxylation is 2. The zero-order chi connectivity index (χ0) is 24.1. The number of fused-ring (bicyclic) bond motifs is 1. The number of rotatable bonds is 5. The summed E-state index contributed by atoms with van der Waals surface area (Å²) in [6.07, 6.45) is 0. The number of guanidine groups is 1. The molecule has 2 aromatic carbocycles. The van der Waals surface area contributed by atoms with Crippen LogP contribution in [-0.2, 0) is 6.54 Å². The molecule has 9 nitrogen and oxygen atoms in total. The lowest BCUT2D eigenvalue weighted by atomic mass is 10.1. The lowest BCUT2D eigenvalue weighted by Crippen LogP contribution is -2.39. The monoisotopic (exact) mass is 476 g/mol. The third kappa shape index (κ3) is 6.04. The summed E-state index contributed by atoms with van der Waals surface area (Å²) in [6.45, 7) is 5.89. The van der Waals surface area contributed by atoms with Crippen LogP contribution in [0, 0.1) is 13.8 Å². The van der Waals surface area contributed by atoms with Gasteiger partial charge in [-0.25, -0.2) is 15.0 Å². The van der Waals surface area contributed by atoms with Gasteiger partial charge < -0.3 is 20.1 Å². The third-order valence-corrected chi connectivity index (χ3v) is 5.05. The minimum atomic E-state index is 0.00263. The van der Waals surface area contributed by atoms with Gasteiger partial charge in [-0.05, 0) is 81.0 Å². The number of anilines is 2. The van der Waals surface area contributed by atoms with Crippen molar-refractivity contribution in [3.63, 3.8) is 0 Å². The van der Waals surface area contributed by atoms with Gasteiger partial charge in [0, 0.05) is 22.6 Å². The smallest absolute Gasteiger partial charge is 0.231 e. The van der Waals surface area contributed by atoms with E-state index in [9.17, 15) is 4.79 Å². The fourth-order valence-corrected chi connectivity index (χ4v) is 3.48. The fraction of sp³-hybridized carbons (Fsp3) is 0.208. The van der Waals surface area contributed by atoms with Crippen molar-refractivity contribution in [3.8, 4) is 11.5 Å². The second-order valence-corrected chi connectivity index (χ2v) is 8.07. The van der Waals surface area contributed by atoms with Crippen LogP contribution in [0.25, 0.3) is 0 Å². The maximum atomic E-state index is 11.5. The predicted octanol–water partition coefficient (Wildman–Crippen LogP) is 3.98. The number of Topliss-reactive ketones (excluding diaryl/α,β-unsaturated/α-hetero) is 1. The van der Waals surface area contributed by atoms with Crippen LogP contribution in [-0.4, -0.2) is 33.6 Å². The van der Waals surface area contributed by atoms with Crippen molar-refractivity contribution in [2.75, 3.05) is 17.4 Å². The SMILES string of the molecule is CC(=O)c1ccc(NC(=S)NC(=NCc2ccc3c(c2)OCO3)Nc2nc(C)cc(C)n2)cc1. The van der Waals surface area contributed by atoms with Crippen LogP contribution in [0.1, 0.15) is 34.2 Å². The van der Waals surface area contributed by atoms with E-state index in [1.165, 1.54) is 6.92 Å². The number of nitrogens with zero attached hydrogens (tertiary/aromatic N) is 3. The molecule has 0 unspecified atom stereocenters. The summed E-state index contributed by atoms with van der Waals surface area (Å²) >= 11 is 5.47. The van der Waals surface area contributed by atoms with E-state index in [1.54, 1.807) is 24.3 Å². The summed E-state index contributed by atoms with van der Waals surface area (Å²) < 4.78 is 10.8. The maximum Gasteiger partial charge on any atom is 0.231 e. The molecule has 0 aliphatic carbocycles. The Labute approximate surface area is 202 Å². The van der Waals surface area contributed by atoms with Gasteiger partial charge in [0.15, 0.2) is 22.4 Å². The van der Waals surface area contributed by atoms with E-state index in [0.717, 1.165) is 22.6 Å².